The van der Waals surface area contributed by atoms with Crippen LogP contribution in [0, 0.1) is 5.41 Å². The van der Waals surface area contributed by atoms with Crippen LogP contribution in [-0.2, 0) is 25.0 Å². The van der Waals surface area contributed by atoms with Gasteiger partial charge >= 0.3 is 12.1 Å². The number of benzene rings is 1. The van der Waals surface area contributed by atoms with Crippen molar-refractivity contribution >= 4 is 29.0 Å². The van der Waals surface area contributed by atoms with Gasteiger partial charge in [-0.05, 0) is 37.3 Å². The number of fused-ring (bicyclic) bond motifs is 1. The smallest absolute Gasteiger partial charge is 0.408 e. The number of hydrogen-bond acceptors (Lipinski definition) is 8. The second-order valence-electron chi connectivity index (χ2n) is 11.5. The summed E-state index contributed by atoms with van der Waals surface area (Å²) >= 11 is 0. The first-order chi connectivity index (χ1) is 19.2. The lowest BCUT2D eigenvalue weighted by Gasteiger charge is -2.37. The highest BCUT2D eigenvalue weighted by molar-refractivity contribution is 5.90. The van der Waals surface area contributed by atoms with Gasteiger partial charge in [-0.25, -0.2) is 19.6 Å². The van der Waals surface area contributed by atoms with Crippen LogP contribution in [0.3, 0.4) is 0 Å². The maximum absolute atomic E-state index is 14.5. The summed E-state index contributed by atoms with van der Waals surface area (Å²) in [5.74, 6) is -5.78. The van der Waals surface area contributed by atoms with Crippen molar-refractivity contribution in [2.75, 3.05) is 13.2 Å². The number of rotatable bonds is 9. The zero-order valence-electron chi connectivity index (χ0n) is 23.7. The third-order valence-electron chi connectivity index (χ3n) is 7.23. The van der Waals surface area contributed by atoms with E-state index in [1.165, 1.54) is 0 Å². The quantitative estimate of drug-likeness (QED) is 0.454. The van der Waals surface area contributed by atoms with E-state index >= 15 is 0 Å². The molecule has 5 atom stereocenters. The van der Waals surface area contributed by atoms with Crippen molar-refractivity contribution in [3.05, 3.63) is 30.0 Å². The van der Waals surface area contributed by atoms with E-state index in [0.29, 0.717) is 25.5 Å². The van der Waals surface area contributed by atoms with Gasteiger partial charge in [-0.1, -0.05) is 32.9 Å². The second kappa shape index (κ2) is 11.7. The Hall–Kier alpha value is -3.61. The van der Waals surface area contributed by atoms with Crippen LogP contribution in [-0.4, -0.2) is 81.5 Å². The Morgan fingerprint density at radius 1 is 1.10 bits per heavy atom. The van der Waals surface area contributed by atoms with Crippen LogP contribution in [0.5, 0.6) is 5.88 Å². The molecule has 2 fully saturated rings. The summed E-state index contributed by atoms with van der Waals surface area (Å²) in [6.07, 6.45) is -1.20. The number of hydrogen-bond donors (Lipinski definition) is 2. The molecule has 2 N–H and O–H groups in total. The van der Waals surface area contributed by atoms with Gasteiger partial charge in [-0.2, -0.15) is 8.78 Å². The number of nitrogens with one attached hydrogen (secondary N) is 1. The number of likely N-dealkylation sites (tertiary alicyclic amines) is 1. The molecule has 2 aromatic rings. The SMILES string of the molecule is CCO[C@@H]1CC[C@H]1OC(=O)N[C@H](C(=O)N1C[C@H](Oc2nc3ccccc3nc2C(C)(F)F)C[C@H]1C(=O)O)C(C)(C)C. The minimum Gasteiger partial charge on any atom is -0.480 e. The van der Waals surface area contributed by atoms with E-state index in [9.17, 15) is 28.3 Å². The predicted octanol–water partition coefficient (Wildman–Crippen LogP) is 3.88. The summed E-state index contributed by atoms with van der Waals surface area (Å²) in [7, 11) is 0. The van der Waals surface area contributed by atoms with Crippen LogP contribution in [0.25, 0.3) is 11.0 Å². The molecule has 0 spiro atoms. The molecule has 2 amide bonds. The van der Waals surface area contributed by atoms with Crippen LogP contribution in [0.4, 0.5) is 13.6 Å². The van der Waals surface area contributed by atoms with Gasteiger partial charge in [0.05, 0.1) is 23.7 Å². The van der Waals surface area contributed by atoms with E-state index in [0.717, 1.165) is 11.3 Å². The fourth-order valence-corrected chi connectivity index (χ4v) is 4.95. The fraction of sp³-hybridized carbons (Fsp3) is 0.607. The lowest BCUT2D eigenvalue weighted by molar-refractivity contribution is -0.150. The first kappa shape index (κ1) is 30.4. The highest BCUT2D eigenvalue weighted by Gasteiger charge is 2.47. The maximum Gasteiger partial charge on any atom is 0.408 e. The minimum atomic E-state index is -3.39. The molecule has 0 radical (unpaired) electrons. The molecular weight excluding hydrogens is 542 g/mol. The summed E-state index contributed by atoms with van der Waals surface area (Å²) < 4.78 is 45.8. The fourth-order valence-electron chi connectivity index (χ4n) is 4.95. The number of nitrogens with zero attached hydrogens (tertiary/aromatic N) is 3. The zero-order valence-corrected chi connectivity index (χ0v) is 23.7. The lowest BCUT2D eigenvalue weighted by Crippen LogP contribution is -2.57. The summed E-state index contributed by atoms with van der Waals surface area (Å²) in [4.78, 5) is 48.0. The number of alkyl halides is 2. The van der Waals surface area contributed by atoms with Gasteiger partial charge in [0.15, 0.2) is 5.69 Å². The number of alkyl carbamates (subject to hydrolysis) is 1. The van der Waals surface area contributed by atoms with Crippen LogP contribution in [0.1, 0.15) is 59.6 Å². The Morgan fingerprint density at radius 3 is 2.27 bits per heavy atom. The average Bonchev–Trinajstić information content (AvgIpc) is 3.30. The normalized spacial score (nSPS) is 23.5. The molecule has 2 heterocycles. The number of ether oxygens (including phenoxy) is 3. The van der Waals surface area contributed by atoms with Gasteiger partial charge in [0.25, 0.3) is 5.92 Å². The predicted molar refractivity (Wildman–Crippen MR) is 143 cm³/mol. The molecule has 11 nitrogen and oxygen atoms in total. The van der Waals surface area contributed by atoms with E-state index < -0.39 is 65.2 Å². The third-order valence-corrected chi connectivity index (χ3v) is 7.23. The molecule has 224 valence electrons. The number of amides is 2. The monoisotopic (exact) mass is 578 g/mol. The number of para-hydroxylation sites is 2. The zero-order chi connectivity index (χ0) is 30.1. The molecule has 1 aliphatic carbocycles. The average molecular weight is 579 g/mol. The molecule has 1 aromatic heterocycles. The Kier molecular flexibility index (Phi) is 8.67. The number of carbonyl (C=O) groups excluding carboxylic acids is 2. The third kappa shape index (κ3) is 6.83. The number of aliphatic carboxylic acids is 1. The Bertz CT molecular complexity index is 1300. The largest absolute Gasteiger partial charge is 0.480 e. The van der Waals surface area contributed by atoms with Crippen molar-refractivity contribution in [1.29, 1.82) is 0 Å². The van der Waals surface area contributed by atoms with Crippen molar-refractivity contribution in [2.45, 2.75) is 90.2 Å². The molecule has 41 heavy (non-hydrogen) atoms. The second-order valence-corrected chi connectivity index (χ2v) is 11.5. The topological polar surface area (TPSA) is 140 Å². The standard InChI is InChI=1S/C28H36F2N4O7/c1-6-39-19-11-12-20(19)41-26(38)33-22(27(2,3)4)24(35)34-14-15(13-18(34)25(36)37)40-23-21(28(5,29)30)31-16-9-7-8-10-17(16)32-23/h7-10,15,18-20,22H,6,11-14H2,1-5H3,(H,33,38)(H,36,37)/t15-,18+,19-,20-,22-/m1/s1. The summed E-state index contributed by atoms with van der Waals surface area (Å²) in [6, 6.07) is 4.00. The van der Waals surface area contributed by atoms with Crippen molar-refractivity contribution < 1.29 is 42.5 Å². The Labute approximate surface area is 236 Å². The molecule has 0 unspecified atom stereocenters. The summed E-state index contributed by atoms with van der Waals surface area (Å²) in [5, 5.41) is 12.5. The van der Waals surface area contributed by atoms with Gasteiger partial charge in [0, 0.05) is 20.0 Å². The van der Waals surface area contributed by atoms with Gasteiger partial charge < -0.3 is 29.5 Å². The van der Waals surface area contributed by atoms with E-state index in [-0.39, 0.29) is 24.6 Å². The van der Waals surface area contributed by atoms with Gasteiger partial charge in [-0.3, -0.25) is 4.79 Å². The molecule has 0 bridgehead atoms. The molecule has 4 rings (SSSR count). The van der Waals surface area contributed by atoms with E-state index in [1.807, 2.05) is 6.92 Å². The summed E-state index contributed by atoms with van der Waals surface area (Å²) in [5.41, 5.74) is -0.933. The van der Waals surface area contributed by atoms with Crippen LogP contribution < -0.4 is 10.1 Å². The van der Waals surface area contributed by atoms with Crippen LogP contribution >= 0.6 is 0 Å². The molecule has 13 heteroatoms. The molecule has 1 saturated carbocycles. The van der Waals surface area contributed by atoms with Gasteiger partial charge in [0.2, 0.25) is 11.8 Å². The van der Waals surface area contributed by atoms with Crippen LogP contribution in [0.2, 0.25) is 0 Å². The number of aromatic nitrogens is 2. The van der Waals surface area contributed by atoms with E-state index in [4.69, 9.17) is 14.2 Å². The number of carboxylic acids is 1. The molecule has 1 aromatic carbocycles. The first-order valence-corrected chi connectivity index (χ1v) is 13.6. The number of halogens is 2. The maximum atomic E-state index is 14.5. The lowest BCUT2D eigenvalue weighted by atomic mass is 9.85. The van der Waals surface area contributed by atoms with Crippen molar-refractivity contribution in [2.24, 2.45) is 5.41 Å². The first-order valence-electron chi connectivity index (χ1n) is 13.6. The molecule has 1 aliphatic heterocycles. The Balaban J connectivity index is 1.53. The summed E-state index contributed by atoms with van der Waals surface area (Å²) in [6.45, 7) is 7.94. The van der Waals surface area contributed by atoms with Crippen LogP contribution in [0.15, 0.2) is 24.3 Å². The molecular formula is C28H36F2N4O7. The minimum absolute atomic E-state index is 0.177. The number of carbonyl (C=O) groups is 3. The van der Waals surface area contributed by atoms with E-state index in [1.54, 1.807) is 45.0 Å². The van der Waals surface area contributed by atoms with Crippen molar-refractivity contribution in [3.63, 3.8) is 0 Å². The number of carboxylic acid groups (broad SMARTS) is 1. The highest BCUT2D eigenvalue weighted by atomic mass is 19.3. The molecule has 1 saturated heterocycles. The Morgan fingerprint density at radius 2 is 1.73 bits per heavy atom. The van der Waals surface area contributed by atoms with Gasteiger partial charge in [-0.15, -0.1) is 0 Å². The van der Waals surface area contributed by atoms with Crippen molar-refractivity contribution in [1.82, 2.24) is 20.2 Å². The highest BCUT2D eigenvalue weighted by Crippen LogP contribution is 2.35. The molecule has 2 aliphatic rings. The van der Waals surface area contributed by atoms with E-state index in [2.05, 4.69) is 15.3 Å². The van der Waals surface area contributed by atoms with Crippen molar-refractivity contribution in [3.8, 4) is 5.88 Å². The van der Waals surface area contributed by atoms with Gasteiger partial charge in [0.1, 0.15) is 24.3 Å².